The molecule has 0 saturated carbocycles. The Morgan fingerprint density at radius 1 is 1.29 bits per heavy atom. The first-order valence-corrected chi connectivity index (χ1v) is 5.93. The van der Waals surface area contributed by atoms with Crippen LogP contribution in [0.4, 0.5) is 0 Å². The molecule has 0 heterocycles. The molecule has 1 aromatic rings. The first-order valence-electron chi connectivity index (χ1n) is 5.93. The zero-order valence-corrected chi connectivity index (χ0v) is 9.93. The second-order valence-corrected chi connectivity index (χ2v) is 3.96. The second-order valence-electron chi connectivity index (χ2n) is 3.96. The van der Waals surface area contributed by atoms with Crippen LogP contribution in [0, 0.1) is 0 Å². The number of amides is 1. The molecule has 0 aliphatic carbocycles. The molecule has 0 aliphatic rings. The fraction of sp³-hybridized carbons (Fsp3) is 0.462. The van der Waals surface area contributed by atoms with E-state index in [0.29, 0.717) is 13.0 Å². The van der Waals surface area contributed by atoms with E-state index in [-0.39, 0.29) is 18.6 Å². The Kier molecular flexibility index (Phi) is 6.29. The van der Waals surface area contributed by atoms with Gasteiger partial charge in [-0.15, -0.1) is 0 Å². The van der Waals surface area contributed by atoms with Crippen LogP contribution in [0.15, 0.2) is 30.3 Å². The van der Waals surface area contributed by atoms with Crippen molar-refractivity contribution in [3.05, 3.63) is 35.9 Å². The van der Waals surface area contributed by atoms with E-state index < -0.39 is 0 Å². The van der Waals surface area contributed by atoms with Crippen molar-refractivity contribution in [1.82, 2.24) is 5.32 Å². The number of hydrogen-bond donors (Lipinski definition) is 3. The van der Waals surface area contributed by atoms with Gasteiger partial charge in [0, 0.05) is 6.42 Å². The highest BCUT2D eigenvalue weighted by Crippen LogP contribution is 2.11. The van der Waals surface area contributed by atoms with Crippen molar-refractivity contribution < 1.29 is 9.90 Å². The zero-order chi connectivity index (χ0) is 12.5. The number of carbonyl (C=O) groups is 1. The Hall–Kier alpha value is -1.39. The number of rotatable bonds is 7. The van der Waals surface area contributed by atoms with E-state index in [9.17, 15) is 9.90 Å². The average Bonchev–Trinajstić information content (AvgIpc) is 2.37. The topological polar surface area (TPSA) is 75.4 Å². The quantitative estimate of drug-likeness (QED) is 0.617. The Balaban J connectivity index is 2.44. The van der Waals surface area contributed by atoms with E-state index in [1.807, 2.05) is 30.3 Å². The van der Waals surface area contributed by atoms with Crippen molar-refractivity contribution >= 4 is 5.91 Å². The summed E-state index contributed by atoms with van der Waals surface area (Å²) in [4.78, 5) is 11.6. The maximum atomic E-state index is 11.6. The maximum Gasteiger partial charge on any atom is 0.220 e. The van der Waals surface area contributed by atoms with Crippen LogP contribution in [0.1, 0.15) is 30.9 Å². The van der Waals surface area contributed by atoms with Crippen LogP contribution in [0.25, 0.3) is 0 Å². The summed E-state index contributed by atoms with van der Waals surface area (Å²) in [5.41, 5.74) is 6.28. The van der Waals surface area contributed by atoms with Gasteiger partial charge in [0.1, 0.15) is 0 Å². The van der Waals surface area contributed by atoms with Crippen LogP contribution in [-0.2, 0) is 4.79 Å². The molecule has 0 radical (unpaired) electrons. The molecule has 1 amide bonds. The summed E-state index contributed by atoms with van der Waals surface area (Å²) in [6, 6.07) is 9.14. The van der Waals surface area contributed by atoms with Gasteiger partial charge in [-0.3, -0.25) is 4.79 Å². The molecule has 0 spiro atoms. The van der Waals surface area contributed by atoms with Crippen molar-refractivity contribution in [2.24, 2.45) is 5.73 Å². The second kappa shape index (κ2) is 7.81. The van der Waals surface area contributed by atoms with Gasteiger partial charge < -0.3 is 16.2 Å². The van der Waals surface area contributed by atoms with E-state index in [0.717, 1.165) is 18.4 Å². The summed E-state index contributed by atoms with van der Waals surface area (Å²) in [6.07, 6.45) is 2.10. The van der Waals surface area contributed by atoms with Crippen molar-refractivity contribution in [3.63, 3.8) is 0 Å². The maximum absolute atomic E-state index is 11.6. The SMILES string of the molecule is NCCCCC(=O)N[C@@H](CO)c1ccccc1. The highest BCUT2D eigenvalue weighted by molar-refractivity contribution is 5.76. The van der Waals surface area contributed by atoms with Gasteiger partial charge in [0.2, 0.25) is 5.91 Å². The summed E-state index contributed by atoms with van der Waals surface area (Å²) in [6.45, 7) is 0.516. The fourth-order valence-electron chi connectivity index (χ4n) is 1.62. The Morgan fingerprint density at radius 2 is 2.00 bits per heavy atom. The molecule has 4 nitrogen and oxygen atoms in total. The van der Waals surface area contributed by atoms with Gasteiger partial charge in [-0.05, 0) is 24.9 Å². The normalized spacial score (nSPS) is 12.1. The van der Waals surface area contributed by atoms with Gasteiger partial charge in [0.25, 0.3) is 0 Å². The lowest BCUT2D eigenvalue weighted by Gasteiger charge is -2.16. The molecular weight excluding hydrogens is 216 g/mol. The fourth-order valence-corrected chi connectivity index (χ4v) is 1.62. The van der Waals surface area contributed by atoms with Gasteiger partial charge >= 0.3 is 0 Å². The van der Waals surface area contributed by atoms with E-state index in [4.69, 9.17) is 5.73 Å². The molecule has 0 bridgehead atoms. The van der Waals surface area contributed by atoms with E-state index in [2.05, 4.69) is 5.32 Å². The third-order valence-electron chi connectivity index (χ3n) is 2.58. The number of aliphatic hydroxyl groups is 1. The van der Waals surface area contributed by atoms with Crippen molar-refractivity contribution in [3.8, 4) is 0 Å². The van der Waals surface area contributed by atoms with Gasteiger partial charge in [-0.2, -0.15) is 0 Å². The lowest BCUT2D eigenvalue weighted by Crippen LogP contribution is -2.30. The summed E-state index contributed by atoms with van der Waals surface area (Å²) in [7, 11) is 0. The Labute approximate surface area is 102 Å². The van der Waals surface area contributed by atoms with Crippen LogP contribution >= 0.6 is 0 Å². The third kappa shape index (κ3) is 4.97. The van der Waals surface area contributed by atoms with Gasteiger partial charge in [-0.1, -0.05) is 30.3 Å². The monoisotopic (exact) mass is 236 g/mol. The van der Waals surface area contributed by atoms with Crippen LogP contribution in [0.3, 0.4) is 0 Å². The van der Waals surface area contributed by atoms with E-state index in [1.54, 1.807) is 0 Å². The van der Waals surface area contributed by atoms with Crippen molar-refractivity contribution in [1.29, 1.82) is 0 Å². The molecule has 1 aromatic carbocycles. The molecule has 17 heavy (non-hydrogen) atoms. The predicted octanol–water partition coefficient (Wildman–Crippen LogP) is 0.965. The molecule has 1 rings (SSSR count). The molecule has 4 N–H and O–H groups in total. The van der Waals surface area contributed by atoms with Crippen LogP contribution in [-0.4, -0.2) is 24.2 Å². The average molecular weight is 236 g/mol. The minimum absolute atomic E-state index is 0.0404. The molecular formula is C13H20N2O2. The predicted molar refractivity (Wildman–Crippen MR) is 67.3 cm³/mol. The van der Waals surface area contributed by atoms with E-state index in [1.165, 1.54) is 0 Å². The minimum Gasteiger partial charge on any atom is -0.394 e. The highest BCUT2D eigenvalue weighted by atomic mass is 16.3. The molecule has 4 heteroatoms. The molecule has 0 aliphatic heterocycles. The molecule has 1 atom stereocenters. The lowest BCUT2D eigenvalue weighted by atomic mass is 10.1. The Morgan fingerprint density at radius 3 is 2.59 bits per heavy atom. The summed E-state index contributed by atoms with van der Waals surface area (Å²) in [5.74, 6) is -0.0404. The minimum atomic E-state index is -0.318. The molecule has 0 saturated heterocycles. The molecule has 0 aromatic heterocycles. The Bertz CT molecular complexity index is 327. The number of nitrogens with two attached hydrogens (primary N) is 1. The number of hydrogen-bond acceptors (Lipinski definition) is 3. The smallest absolute Gasteiger partial charge is 0.220 e. The largest absolute Gasteiger partial charge is 0.394 e. The van der Waals surface area contributed by atoms with Crippen molar-refractivity contribution in [2.75, 3.05) is 13.2 Å². The third-order valence-corrected chi connectivity index (χ3v) is 2.58. The first-order chi connectivity index (χ1) is 8.27. The molecule has 94 valence electrons. The molecule has 0 fully saturated rings. The van der Waals surface area contributed by atoms with Crippen molar-refractivity contribution in [2.45, 2.75) is 25.3 Å². The zero-order valence-electron chi connectivity index (χ0n) is 9.93. The number of unbranched alkanes of at least 4 members (excludes halogenated alkanes) is 1. The number of benzene rings is 1. The van der Waals surface area contributed by atoms with Gasteiger partial charge in [0.15, 0.2) is 0 Å². The van der Waals surface area contributed by atoms with Gasteiger partial charge in [-0.25, -0.2) is 0 Å². The number of aliphatic hydroxyl groups excluding tert-OH is 1. The van der Waals surface area contributed by atoms with Crippen LogP contribution in [0.2, 0.25) is 0 Å². The van der Waals surface area contributed by atoms with E-state index >= 15 is 0 Å². The lowest BCUT2D eigenvalue weighted by molar-refractivity contribution is -0.122. The number of nitrogens with one attached hydrogen (secondary N) is 1. The highest BCUT2D eigenvalue weighted by Gasteiger charge is 2.12. The summed E-state index contributed by atoms with van der Waals surface area (Å²) in [5, 5.41) is 12.1. The van der Waals surface area contributed by atoms with Gasteiger partial charge in [0.05, 0.1) is 12.6 Å². The van der Waals surface area contributed by atoms with Crippen LogP contribution in [0.5, 0.6) is 0 Å². The van der Waals surface area contributed by atoms with Crippen LogP contribution < -0.4 is 11.1 Å². The standard InChI is InChI=1S/C13H20N2O2/c14-9-5-4-8-13(17)15-12(10-16)11-6-2-1-3-7-11/h1-3,6-7,12,16H,4-5,8-10,14H2,(H,15,17)/t12-/m0/s1. The molecule has 0 unspecified atom stereocenters. The first kappa shape index (κ1) is 13.7. The summed E-state index contributed by atoms with van der Waals surface area (Å²) >= 11 is 0. The summed E-state index contributed by atoms with van der Waals surface area (Å²) < 4.78 is 0. The number of carbonyl (C=O) groups excluding carboxylic acids is 1.